The maximum absolute atomic E-state index is 12.1. The first-order chi connectivity index (χ1) is 13.9. The molecule has 0 saturated heterocycles. The van der Waals surface area contributed by atoms with Gasteiger partial charge in [0.1, 0.15) is 5.75 Å². The van der Waals surface area contributed by atoms with E-state index in [1.54, 1.807) is 30.5 Å². The quantitative estimate of drug-likeness (QED) is 0.342. The van der Waals surface area contributed by atoms with Gasteiger partial charge < -0.3 is 10.1 Å². The van der Waals surface area contributed by atoms with E-state index in [-0.39, 0.29) is 5.91 Å². The molecule has 4 nitrogen and oxygen atoms in total. The predicted octanol–water partition coefficient (Wildman–Crippen LogP) is 7.15. The van der Waals surface area contributed by atoms with Crippen molar-refractivity contribution in [2.45, 2.75) is 19.3 Å². The van der Waals surface area contributed by atoms with Crippen LogP contribution in [0.3, 0.4) is 0 Å². The van der Waals surface area contributed by atoms with Gasteiger partial charge in [0, 0.05) is 28.9 Å². The predicted molar refractivity (Wildman–Crippen MR) is 121 cm³/mol. The number of hydrogen-bond acceptors (Lipinski definition) is 4. The molecular formula is C20H16Cl4N2O2S. The van der Waals surface area contributed by atoms with E-state index in [0.29, 0.717) is 56.8 Å². The maximum atomic E-state index is 12.1. The fourth-order valence-corrected chi connectivity index (χ4v) is 4.13. The number of nitrogens with one attached hydrogen (secondary N) is 1. The number of ether oxygens (including phenoxy) is 1. The van der Waals surface area contributed by atoms with Gasteiger partial charge in [-0.25, -0.2) is 4.98 Å². The summed E-state index contributed by atoms with van der Waals surface area (Å²) in [6.45, 7) is 0.370. The fourth-order valence-electron chi connectivity index (χ4n) is 2.49. The first-order valence-corrected chi connectivity index (χ1v) is 11.0. The minimum absolute atomic E-state index is 0.119. The number of aromatic nitrogens is 1. The molecule has 0 saturated carbocycles. The van der Waals surface area contributed by atoms with E-state index in [0.717, 1.165) is 10.4 Å². The lowest BCUT2D eigenvalue weighted by Gasteiger charge is -2.08. The highest BCUT2D eigenvalue weighted by Crippen LogP contribution is 2.28. The molecule has 0 aliphatic heterocycles. The van der Waals surface area contributed by atoms with Gasteiger partial charge in [-0.15, -0.1) is 11.3 Å². The third-order valence-electron chi connectivity index (χ3n) is 3.86. The van der Waals surface area contributed by atoms with Crippen LogP contribution in [0.5, 0.6) is 5.75 Å². The normalized spacial score (nSPS) is 10.8. The molecule has 29 heavy (non-hydrogen) atoms. The van der Waals surface area contributed by atoms with Crippen molar-refractivity contribution >= 4 is 68.8 Å². The number of thiazole rings is 1. The van der Waals surface area contributed by atoms with Gasteiger partial charge in [0.25, 0.3) is 0 Å². The molecule has 2 aromatic carbocycles. The largest absolute Gasteiger partial charge is 0.492 e. The van der Waals surface area contributed by atoms with Crippen molar-refractivity contribution in [2.24, 2.45) is 0 Å². The Hall–Kier alpha value is -1.50. The second kappa shape index (κ2) is 10.5. The number of benzene rings is 2. The highest BCUT2D eigenvalue weighted by atomic mass is 35.5. The van der Waals surface area contributed by atoms with Gasteiger partial charge in [-0.3, -0.25) is 4.79 Å². The summed E-state index contributed by atoms with van der Waals surface area (Å²) in [6.07, 6.45) is 3.27. The van der Waals surface area contributed by atoms with Gasteiger partial charge in [-0.05, 0) is 42.3 Å². The molecule has 9 heteroatoms. The van der Waals surface area contributed by atoms with E-state index in [4.69, 9.17) is 51.1 Å². The number of rotatable bonds is 8. The summed E-state index contributed by atoms with van der Waals surface area (Å²) in [5, 5.41) is 5.40. The van der Waals surface area contributed by atoms with Crippen LogP contribution in [-0.4, -0.2) is 17.5 Å². The number of halogens is 4. The number of carbonyl (C=O) groups excluding carboxylic acids is 1. The third-order valence-corrected chi connectivity index (χ3v) is 6.04. The summed E-state index contributed by atoms with van der Waals surface area (Å²) >= 11 is 25.3. The summed E-state index contributed by atoms with van der Waals surface area (Å²) in [5.41, 5.74) is 1.03. The molecular weight excluding hydrogens is 474 g/mol. The van der Waals surface area contributed by atoms with Crippen LogP contribution in [0, 0.1) is 0 Å². The van der Waals surface area contributed by atoms with E-state index >= 15 is 0 Å². The van der Waals surface area contributed by atoms with E-state index in [2.05, 4.69) is 10.3 Å². The number of nitrogens with zero attached hydrogens (tertiary/aromatic N) is 1. The Balaban J connectivity index is 1.43. The summed E-state index contributed by atoms with van der Waals surface area (Å²) in [7, 11) is 0. The number of anilines is 1. The SMILES string of the molecule is O=C(CCCOc1ccc(Cl)cc1Cl)Nc1ncc(Cc2ccc(Cl)c(Cl)c2)s1. The van der Waals surface area contributed by atoms with Crippen LogP contribution < -0.4 is 10.1 Å². The van der Waals surface area contributed by atoms with Crippen molar-refractivity contribution in [3.63, 3.8) is 0 Å². The lowest BCUT2D eigenvalue weighted by Crippen LogP contribution is -2.12. The van der Waals surface area contributed by atoms with Crippen LogP contribution in [0.1, 0.15) is 23.3 Å². The van der Waals surface area contributed by atoms with Gasteiger partial charge in [0.2, 0.25) is 5.91 Å². The highest BCUT2D eigenvalue weighted by Gasteiger charge is 2.09. The molecule has 1 amide bonds. The minimum Gasteiger partial charge on any atom is -0.492 e. The van der Waals surface area contributed by atoms with E-state index in [9.17, 15) is 4.79 Å². The summed E-state index contributed by atoms with van der Waals surface area (Å²) < 4.78 is 5.58. The first kappa shape index (κ1) is 22.2. The fraction of sp³-hybridized carbons (Fsp3) is 0.200. The molecule has 0 spiro atoms. The maximum Gasteiger partial charge on any atom is 0.226 e. The zero-order valence-electron chi connectivity index (χ0n) is 15.1. The monoisotopic (exact) mass is 488 g/mol. The number of hydrogen-bond donors (Lipinski definition) is 1. The van der Waals surface area contributed by atoms with E-state index in [1.165, 1.54) is 11.3 Å². The van der Waals surface area contributed by atoms with E-state index < -0.39 is 0 Å². The molecule has 0 fully saturated rings. The first-order valence-electron chi connectivity index (χ1n) is 8.67. The molecule has 0 atom stereocenters. The third kappa shape index (κ3) is 6.76. The van der Waals surface area contributed by atoms with Crippen LogP contribution in [0.15, 0.2) is 42.6 Å². The van der Waals surface area contributed by atoms with Gasteiger partial charge in [0.15, 0.2) is 5.13 Å². The lowest BCUT2D eigenvalue weighted by atomic mass is 10.1. The molecule has 3 aromatic rings. The molecule has 0 radical (unpaired) electrons. The number of carbonyl (C=O) groups is 1. The standard InChI is InChI=1S/C20H16Cl4N2O2S/c21-13-4-6-18(17(24)10-13)28-7-1-2-19(27)26-20-25-11-14(29-20)8-12-3-5-15(22)16(23)9-12/h3-6,9-11H,1-2,7-8H2,(H,25,26,27). The molecule has 152 valence electrons. The molecule has 0 unspecified atom stereocenters. The van der Waals surface area contributed by atoms with Crippen LogP contribution in [0.4, 0.5) is 5.13 Å². The molecule has 0 bridgehead atoms. The van der Waals surface area contributed by atoms with Crippen LogP contribution >= 0.6 is 57.7 Å². The van der Waals surface area contributed by atoms with Gasteiger partial charge >= 0.3 is 0 Å². The second-order valence-corrected chi connectivity index (χ2v) is 8.91. The van der Waals surface area contributed by atoms with Crippen molar-refractivity contribution in [1.29, 1.82) is 0 Å². The Morgan fingerprint density at radius 2 is 1.86 bits per heavy atom. The summed E-state index contributed by atoms with van der Waals surface area (Å²) in [5.74, 6) is 0.426. The Morgan fingerprint density at radius 1 is 1.03 bits per heavy atom. The van der Waals surface area contributed by atoms with Crippen molar-refractivity contribution < 1.29 is 9.53 Å². The second-order valence-electron chi connectivity index (χ2n) is 6.13. The molecule has 1 aromatic heterocycles. The Labute approximate surface area is 192 Å². The average Bonchev–Trinajstić information content (AvgIpc) is 3.10. The number of amides is 1. The van der Waals surface area contributed by atoms with Crippen molar-refractivity contribution in [3.8, 4) is 5.75 Å². The van der Waals surface area contributed by atoms with Crippen LogP contribution in [-0.2, 0) is 11.2 Å². The average molecular weight is 490 g/mol. The van der Waals surface area contributed by atoms with Crippen LogP contribution in [0.2, 0.25) is 20.1 Å². The Morgan fingerprint density at radius 3 is 2.62 bits per heavy atom. The molecule has 1 N–H and O–H groups in total. The zero-order chi connectivity index (χ0) is 20.8. The van der Waals surface area contributed by atoms with E-state index in [1.807, 2.05) is 12.1 Å². The molecule has 1 heterocycles. The van der Waals surface area contributed by atoms with Gasteiger partial charge in [-0.2, -0.15) is 0 Å². The highest BCUT2D eigenvalue weighted by molar-refractivity contribution is 7.15. The van der Waals surface area contributed by atoms with Crippen LogP contribution in [0.25, 0.3) is 0 Å². The minimum atomic E-state index is -0.119. The Bertz CT molecular complexity index is 1010. The Kier molecular flexibility index (Phi) is 8.04. The zero-order valence-corrected chi connectivity index (χ0v) is 18.9. The smallest absolute Gasteiger partial charge is 0.226 e. The van der Waals surface area contributed by atoms with Crippen molar-refractivity contribution in [1.82, 2.24) is 4.98 Å². The van der Waals surface area contributed by atoms with Crippen molar-refractivity contribution in [3.05, 3.63) is 73.1 Å². The van der Waals surface area contributed by atoms with Crippen molar-refractivity contribution in [2.75, 3.05) is 11.9 Å². The topological polar surface area (TPSA) is 51.2 Å². The van der Waals surface area contributed by atoms with Gasteiger partial charge in [-0.1, -0.05) is 52.5 Å². The molecule has 0 aliphatic rings. The molecule has 3 rings (SSSR count). The summed E-state index contributed by atoms with van der Waals surface area (Å²) in [6, 6.07) is 10.5. The molecule has 0 aliphatic carbocycles. The van der Waals surface area contributed by atoms with Gasteiger partial charge in [0.05, 0.1) is 21.7 Å². The summed E-state index contributed by atoms with van der Waals surface area (Å²) in [4.78, 5) is 17.4. The lowest BCUT2D eigenvalue weighted by molar-refractivity contribution is -0.116.